The molecule has 0 spiro atoms. The molecule has 0 saturated heterocycles. The lowest BCUT2D eigenvalue weighted by molar-refractivity contribution is -0.116. The molecule has 144 valence electrons. The molecule has 0 radical (unpaired) electrons. The van der Waals surface area contributed by atoms with E-state index >= 15 is 0 Å². The number of amides is 1. The highest BCUT2D eigenvalue weighted by Gasteiger charge is 2.22. The van der Waals surface area contributed by atoms with Crippen molar-refractivity contribution >= 4 is 33.4 Å². The Labute approximate surface area is 164 Å². The van der Waals surface area contributed by atoms with Crippen molar-refractivity contribution in [2.45, 2.75) is 29.7 Å². The number of carbonyl (C=O) groups excluding carboxylic acids is 1. The van der Waals surface area contributed by atoms with Gasteiger partial charge in [0.15, 0.2) is 0 Å². The first-order valence-electron chi connectivity index (χ1n) is 8.58. The molecular weight excluding hydrogens is 384 g/mol. The van der Waals surface area contributed by atoms with Crippen LogP contribution in [-0.4, -0.2) is 33.7 Å². The number of thioether (sulfide) groups is 1. The van der Waals surface area contributed by atoms with Gasteiger partial charge >= 0.3 is 0 Å². The van der Waals surface area contributed by atoms with Crippen LogP contribution >= 0.6 is 11.8 Å². The molecule has 1 amide bonds. The average Bonchev–Trinajstić information content (AvgIpc) is 2.88. The fraction of sp³-hybridized carbons (Fsp3) is 0.316. The van der Waals surface area contributed by atoms with E-state index in [9.17, 15) is 13.2 Å². The van der Waals surface area contributed by atoms with Crippen molar-refractivity contribution in [1.82, 2.24) is 4.72 Å². The summed E-state index contributed by atoms with van der Waals surface area (Å²) >= 11 is 1.64. The zero-order valence-electron chi connectivity index (χ0n) is 15.3. The minimum atomic E-state index is -3.71. The van der Waals surface area contributed by atoms with E-state index in [0.717, 1.165) is 22.6 Å². The quantitative estimate of drug-likeness (QED) is 0.826. The van der Waals surface area contributed by atoms with Crippen LogP contribution in [0.5, 0.6) is 5.75 Å². The first kappa shape index (κ1) is 19.7. The zero-order valence-corrected chi connectivity index (χ0v) is 16.9. The van der Waals surface area contributed by atoms with E-state index in [-0.39, 0.29) is 17.3 Å². The van der Waals surface area contributed by atoms with Gasteiger partial charge in [-0.15, -0.1) is 11.8 Å². The van der Waals surface area contributed by atoms with Crippen LogP contribution in [0.3, 0.4) is 0 Å². The maximum absolute atomic E-state index is 12.8. The molecule has 6 nitrogen and oxygen atoms in total. The first-order valence-corrected chi connectivity index (χ1v) is 11.0. The van der Waals surface area contributed by atoms with E-state index in [1.807, 2.05) is 12.1 Å². The van der Waals surface area contributed by atoms with Crippen LogP contribution in [0, 0.1) is 0 Å². The third-order valence-corrected chi connectivity index (χ3v) is 6.84. The smallest absolute Gasteiger partial charge is 0.240 e. The second-order valence-corrected chi connectivity index (χ2v) is 9.08. The highest BCUT2D eigenvalue weighted by atomic mass is 32.2. The summed E-state index contributed by atoms with van der Waals surface area (Å²) < 4.78 is 33.3. The molecule has 0 bridgehead atoms. The number of fused-ring (bicyclic) bond motifs is 1. The van der Waals surface area contributed by atoms with Gasteiger partial charge in [0, 0.05) is 24.9 Å². The summed E-state index contributed by atoms with van der Waals surface area (Å²) in [5.41, 5.74) is 1.46. The maximum atomic E-state index is 12.8. The van der Waals surface area contributed by atoms with Gasteiger partial charge in [0.25, 0.3) is 0 Å². The molecule has 0 unspecified atom stereocenters. The molecule has 1 heterocycles. The number of rotatable bonds is 5. The third kappa shape index (κ3) is 4.63. The average molecular weight is 407 g/mol. The molecular formula is C19H22N2O4S2. The summed E-state index contributed by atoms with van der Waals surface area (Å²) in [6.45, 7) is 2.25. The topological polar surface area (TPSA) is 75.7 Å². The molecule has 0 fully saturated rings. The second-order valence-electron chi connectivity index (χ2n) is 6.18. The number of benzene rings is 2. The minimum absolute atomic E-state index is 0.0855. The summed E-state index contributed by atoms with van der Waals surface area (Å²) in [5.74, 6) is 1.49. The number of nitrogens with zero attached hydrogens (tertiary/aromatic N) is 1. The number of sulfonamides is 1. The molecule has 3 rings (SSSR count). The lowest BCUT2D eigenvalue weighted by Crippen LogP contribution is -2.30. The van der Waals surface area contributed by atoms with Gasteiger partial charge in [-0.05, 0) is 48.1 Å². The van der Waals surface area contributed by atoms with Crippen LogP contribution in [0.15, 0.2) is 52.3 Å². The number of methoxy groups -OCH3 is 1. The van der Waals surface area contributed by atoms with E-state index in [0.29, 0.717) is 18.0 Å². The van der Waals surface area contributed by atoms with E-state index < -0.39 is 10.0 Å². The molecule has 1 aliphatic heterocycles. The first-order chi connectivity index (χ1) is 12.9. The molecule has 0 atom stereocenters. The van der Waals surface area contributed by atoms with Crippen molar-refractivity contribution in [2.24, 2.45) is 0 Å². The molecule has 2 aromatic carbocycles. The number of nitrogens with one attached hydrogen (secondary N) is 1. The van der Waals surface area contributed by atoms with Gasteiger partial charge in [-0.3, -0.25) is 4.79 Å². The fourth-order valence-corrected chi connectivity index (χ4v) is 4.91. The van der Waals surface area contributed by atoms with Crippen LogP contribution in [0.1, 0.15) is 18.9 Å². The van der Waals surface area contributed by atoms with Crippen molar-refractivity contribution < 1.29 is 17.9 Å². The lowest BCUT2D eigenvalue weighted by atomic mass is 10.2. The Balaban J connectivity index is 1.85. The summed E-state index contributed by atoms with van der Waals surface area (Å²) in [5, 5.41) is 0. The standard InChI is InChI=1S/C19H22N2O4S2/c1-14(22)21-9-4-10-26-19-8-7-17(12-18(19)21)27(23,24)20-13-15-5-3-6-16(11-15)25-2/h3,5-8,11-12,20H,4,9-10,13H2,1-2H3. The Morgan fingerprint density at radius 2 is 2.07 bits per heavy atom. The minimum Gasteiger partial charge on any atom is -0.497 e. The summed E-state index contributed by atoms with van der Waals surface area (Å²) in [6.07, 6.45) is 0.870. The van der Waals surface area contributed by atoms with Crippen molar-refractivity contribution in [3.05, 3.63) is 48.0 Å². The normalized spacial score (nSPS) is 14.4. The van der Waals surface area contributed by atoms with Gasteiger partial charge in [-0.25, -0.2) is 13.1 Å². The summed E-state index contributed by atoms with van der Waals surface area (Å²) in [4.78, 5) is 14.7. The van der Waals surface area contributed by atoms with E-state index in [2.05, 4.69) is 4.72 Å². The summed E-state index contributed by atoms with van der Waals surface area (Å²) in [7, 11) is -2.14. The largest absolute Gasteiger partial charge is 0.497 e. The van der Waals surface area contributed by atoms with Gasteiger partial charge in [-0.2, -0.15) is 0 Å². The predicted octanol–water partition coefficient (Wildman–Crippen LogP) is 3.02. The van der Waals surface area contributed by atoms with Crippen LogP contribution < -0.4 is 14.4 Å². The molecule has 8 heteroatoms. The van der Waals surface area contributed by atoms with Gasteiger partial charge in [0.05, 0.1) is 17.7 Å². The molecule has 0 saturated carbocycles. The zero-order chi connectivity index (χ0) is 19.4. The monoisotopic (exact) mass is 406 g/mol. The third-order valence-electron chi connectivity index (χ3n) is 4.30. The lowest BCUT2D eigenvalue weighted by Gasteiger charge is -2.21. The Bertz CT molecular complexity index is 944. The molecule has 0 aromatic heterocycles. The molecule has 1 N–H and O–H groups in total. The molecule has 1 aliphatic rings. The SMILES string of the molecule is COc1cccc(CNS(=O)(=O)c2ccc3c(c2)N(C(C)=O)CCCS3)c1. The van der Waals surface area contributed by atoms with Crippen molar-refractivity contribution in [3.8, 4) is 5.75 Å². The van der Waals surface area contributed by atoms with Crippen molar-refractivity contribution in [1.29, 1.82) is 0 Å². The number of hydrogen-bond acceptors (Lipinski definition) is 5. The van der Waals surface area contributed by atoms with Gasteiger partial charge < -0.3 is 9.64 Å². The highest BCUT2D eigenvalue weighted by Crippen LogP contribution is 2.35. The molecule has 2 aromatic rings. The number of hydrogen-bond donors (Lipinski definition) is 1. The van der Waals surface area contributed by atoms with Crippen molar-refractivity contribution in [3.63, 3.8) is 0 Å². The number of carbonyl (C=O) groups is 1. The van der Waals surface area contributed by atoms with Crippen LogP contribution in [0.25, 0.3) is 0 Å². The number of anilines is 1. The van der Waals surface area contributed by atoms with E-state index in [1.165, 1.54) is 6.92 Å². The van der Waals surface area contributed by atoms with E-state index in [4.69, 9.17) is 4.74 Å². The molecule has 27 heavy (non-hydrogen) atoms. The van der Waals surface area contributed by atoms with Crippen LogP contribution in [-0.2, 0) is 21.4 Å². The second kappa shape index (κ2) is 8.33. The summed E-state index contributed by atoms with van der Waals surface area (Å²) in [6, 6.07) is 12.2. The maximum Gasteiger partial charge on any atom is 0.240 e. The van der Waals surface area contributed by atoms with E-state index in [1.54, 1.807) is 54.1 Å². The Kier molecular flexibility index (Phi) is 6.08. The highest BCUT2D eigenvalue weighted by molar-refractivity contribution is 7.99. The Morgan fingerprint density at radius 3 is 2.81 bits per heavy atom. The number of ether oxygens (including phenoxy) is 1. The van der Waals surface area contributed by atoms with Crippen molar-refractivity contribution in [2.75, 3.05) is 24.3 Å². The van der Waals surface area contributed by atoms with Gasteiger partial charge in [-0.1, -0.05) is 12.1 Å². The molecule has 0 aliphatic carbocycles. The van der Waals surface area contributed by atoms with Crippen LogP contribution in [0.2, 0.25) is 0 Å². The predicted molar refractivity (Wildman–Crippen MR) is 107 cm³/mol. The van der Waals surface area contributed by atoms with Crippen LogP contribution in [0.4, 0.5) is 5.69 Å². The fourth-order valence-electron chi connectivity index (χ4n) is 2.89. The Hall–Kier alpha value is -2.03. The van der Waals surface area contributed by atoms with Gasteiger partial charge in [0.1, 0.15) is 5.75 Å². The van der Waals surface area contributed by atoms with Gasteiger partial charge in [0.2, 0.25) is 15.9 Å². The Morgan fingerprint density at radius 1 is 1.26 bits per heavy atom.